The van der Waals surface area contributed by atoms with Gasteiger partial charge in [0.1, 0.15) is 0 Å². The number of carbonyl (C=O) groups is 1. The fourth-order valence-electron chi connectivity index (χ4n) is 3.16. The van der Waals surface area contributed by atoms with Crippen molar-refractivity contribution in [2.24, 2.45) is 5.73 Å². The van der Waals surface area contributed by atoms with Gasteiger partial charge in [-0.15, -0.1) is 0 Å². The van der Waals surface area contributed by atoms with E-state index in [-0.39, 0.29) is 5.54 Å². The average molecular weight is 286 g/mol. The summed E-state index contributed by atoms with van der Waals surface area (Å²) in [4.78, 5) is 14.3. The van der Waals surface area contributed by atoms with Gasteiger partial charge in [-0.2, -0.15) is 0 Å². The van der Waals surface area contributed by atoms with Gasteiger partial charge in [0.2, 0.25) is 5.91 Å². The number of nitrogens with two attached hydrogens (primary N) is 1. The maximum absolute atomic E-state index is 12.3. The van der Waals surface area contributed by atoms with Crippen molar-refractivity contribution in [2.75, 3.05) is 13.1 Å². The molecule has 1 aromatic carbocycles. The van der Waals surface area contributed by atoms with Crippen molar-refractivity contribution >= 4 is 5.91 Å². The summed E-state index contributed by atoms with van der Waals surface area (Å²) >= 11 is 0. The molecule has 3 nitrogen and oxygen atoms in total. The Morgan fingerprint density at radius 2 is 1.67 bits per heavy atom. The molecule has 0 spiro atoms. The lowest BCUT2D eigenvalue weighted by Gasteiger charge is -2.20. The Labute approximate surface area is 127 Å². The van der Waals surface area contributed by atoms with E-state index in [1.54, 1.807) is 0 Å². The second-order valence-corrected chi connectivity index (χ2v) is 6.65. The first-order chi connectivity index (χ1) is 10.2. The summed E-state index contributed by atoms with van der Waals surface area (Å²) in [5, 5.41) is 0. The fraction of sp³-hybridized carbons (Fsp3) is 0.611. The monoisotopic (exact) mass is 286 g/mol. The van der Waals surface area contributed by atoms with Gasteiger partial charge in [-0.1, -0.05) is 37.1 Å². The zero-order valence-electron chi connectivity index (χ0n) is 12.8. The minimum Gasteiger partial charge on any atom is -0.343 e. The minimum absolute atomic E-state index is 0.0552. The van der Waals surface area contributed by atoms with Crippen LogP contribution in [0, 0.1) is 0 Å². The number of hydrogen-bond acceptors (Lipinski definition) is 2. The molecule has 1 saturated heterocycles. The highest BCUT2D eigenvalue weighted by atomic mass is 16.2. The average Bonchev–Trinajstić information content (AvgIpc) is 3.29. The number of likely N-dealkylation sites (tertiary alicyclic amines) is 1. The molecule has 3 heteroatoms. The van der Waals surface area contributed by atoms with Crippen LogP contribution in [0.3, 0.4) is 0 Å². The Hall–Kier alpha value is -1.35. The third-order valence-corrected chi connectivity index (χ3v) is 4.90. The fourth-order valence-corrected chi connectivity index (χ4v) is 3.16. The molecule has 1 aliphatic carbocycles. The zero-order valence-corrected chi connectivity index (χ0v) is 12.8. The molecule has 1 heterocycles. The molecule has 0 aromatic heterocycles. The quantitative estimate of drug-likeness (QED) is 0.925. The van der Waals surface area contributed by atoms with Gasteiger partial charge < -0.3 is 10.6 Å². The number of carbonyl (C=O) groups excluding carboxylic acids is 1. The van der Waals surface area contributed by atoms with Gasteiger partial charge in [-0.25, -0.2) is 0 Å². The first-order valence-corrected chi connectivity index (χ1v) is 8.33. The van der Waals surface area contributed by atoms with Crippen LogP contribution in [0.4, 0.5) is 0 Å². The molecule has 0 radical (unpaired) electrons. The molecule has 3 rings (SSSR count). The molecular formula is C18H26N2O. The Morgan fingerprint density at radius 3 is 2.24 bits per heavy atom. The van der Waals surface area contributed by atoms with Crippen molar-refractivity contribution in [3.63, 3.8) is 0 Å². The number of benzene rings is 1. The van der Waals surface area contributed by atoms with Gasteiger partial charge in [0.15, 0.2) is 0 Å². The van der Waals surface area contributed by atoms with E-state index in [1.807, 2.05) is 0 Å². The van der Waals surface area contributed by atoms with Crippen LogP contribution < -0.4 is 5.73 Å². The van der Waals surface area contributed by atoms with Gasteiger partial charge in [-0.05, 0) is 43.2 Å². The second kappa shape index (κ2) is 6.18. The molecule has 21 heavy (non-hydrogen) atoms. The number of hydrogen-bond donors (Lipinski definition) is 1. The predicted octanol–water partition coefficient (Wildman–Crippen LogP) is 2.97. The SMILES string of the molecule is NC1(c2ccc(CCC(=O)N3CCCCCC3)cc2)CC1. The van der Waals surface area contributed by atoms with E-state index in [4.69, 9.17) is 5.73 Å². The Kier molecular flexibility index (Phi) is 4.29. The molecule has 1 aliphatic heterocycles. The molecule has 0 unspecified atom stereocenters. The van der Waals surface area contributed by atoms with Gasteiger partial charge in [0.05, 0.1) is 0 Å². The predicted molar refractivity (Wildman–Crippen MR) is 84.9 cm³/mol. The molecule has 2 aliphatic rings. The summed E-state index contributed by atoms with van der Waals surface area (Å²) in [5.41, 5.74) is 8.62. The minimum atomic E-state index is -0.0552. The number of nitrogens with zero attached hydrogens (tertiary/aromatic N) is 1. The van der Waals surface area contributed by atoms with Crippen LogP contribution in [-0.2, 0) is 16.8 Å². The molecule has 1 aromatic rings. The second-order valence-electron chi connectivity index (χ2n) is 6.65. The summed E-state index contributed by atoms with van der Waals surface area (Å²) in [7, 11) is 0. The topological polar surface area (TPSA) is 46.3 Å². The molecule has 1 saturated carbocycles. The van der Waals surface area contributed by atoms with E-state index in [0.717, 1.165) is 32.4 Å². The van der Waals surface area contributed by atoms with Crippen LogP contribution in [-0.4, -0.2) is 23.9 Å². The van der Waals surface area contributed by atoms with Crippen LogP contribution in [0.1, 0.15) is 56.1 Å². The van der Waals surface area contributed by atoms with E-state index in [9.17, 15) is 4.79 Å². The van der Waals surface area contributed by atoms with E-state index >= 15 is 0 Å². The zero-order chi connectivity index (χ0) is 14.7. The molecule has 114 valence electrons. The number of rotatable bonds is 4. The van der Waals surface area contributed by atoms with E-state index < -0.39 is 0 Å². The summed E-state index contributed by atoms with van der Waals surface area (Å²) in [5.74, 6) is 0.318. The van der Waals surface area contributed by atoms with Crippen LogP contribution in [0.25, 0.3) is 0 Å². The van der Waals surface area contributed by atoms with Gasteiger partial charge in [0, 0.05) is 25.0 Å². The Balaban J connectivity index is 1.51. The third-order valence-electron chi connectivity index (χ3n) is 4.90. The molecule has 2 fully saturated rings. The van der Waals surface area contributed by atoms with E-state index in [0.29, 0.717) is 12.3 Å². The first kappa shape index (κ1) is 14.6. The lowest BCUT2D eigenvalue weighted by molar-refractivity contribution is -0.131. The third kappa shape index (κ3) is 3.65. The lowest BCUT2D eigenvalue weighted by atomic mass is 10.0. The van der Waals surface area contributed by atoms with Crippen LogP contribution in [0.2, 0.25) is 0 Å². The standard InChI is InChI=1S/C18H26N2O/c19-18(11-12-18)16-8-5-15(6-9-16)7-10-17(21)20-13-3-1-2-4-14-20/h5-6,8-9H,1-4,7,10-14,19H2. The summed E-state index contributed by atoms with van der Waals surface area (Å²) < 4.78 is 0. The number of aryl methyl sites for hydroxylation is 1. The van der Waals surface area contributed by atoms with Crippen molar-refractivity contribution in [3.8, 4) is 0 Å². The van der Waals surface area contributed by atoms with Gasteiger partial charge in [0.25, 0.3) is 0 Å². The van der Waals surface area contributed by atoms with E-state index in [2.05, 4.69) is 29.2 Å². The molecule has 2 N–H and O–H groups in total. The molecule has 1 amide bonds. The van der Waals surface area contributed by atoms with Crippen molar-refractivity contribution in [3.05, 3.63) is 35.4 Å². The highest BCUT2D eigenvalue weighted by Crippen LogP contribution is 2.42. The Bertz CT molecular complexity index is 482. The van der Waals surface area contributed by atoms with Crippen molar-refractivity contribution in [2.45, 2.75) is 56.9 Å². The van der Waals surface area contributed by atoms with Crippen LogP contribution in [0.15, 0.2) is 24.3 Å². The van der Waals surface area contributed by atoms with Gasteiger partial charge in [-0.3, -0.25) is 4.79 Å². The van der Waals surface area contributed by atoms with Crippen LogP contribution in [0.5, 0.6) is 0 Å². The summed E-state index contributed by atoms with van der Waals surface area (Å²) in [6, 6.07) is 8.55. The Morgan fingerprint density at radius 1 is 1.05 bits per heavy atom. The maximum Gasteiger partial charge on any atom is 0.222 e. The normalized spacial score (nSPS) is 20.9. The van der Waals surface area contributed by atoms with Crippen molar-refractivity contribution in [1.82, 2.24) is 4.90 Å². The molecular weight excluding hydrogens is 260 g/mol. The lowest BCUT2D eigenvalue weighted by Crippen LogP contribution is -2.31. The van der Waals surface area contributed by atoms with Crippen molar-refractivity contribution < 1.29 is 4.79 Å². The largest absolute Gasteiger partial charge is 0.343 e. The molecule has 0 atom stereocenters. The maximum atomic E-state index is 12.3. The summed E-state index contributed by atoms with van der Waals surface area (Å²) in [6.07, 6.45) is 8.54. The van der Waals surface area contributed by atoms with Crippen LogP contribution >= 0.6 is 0 Å². The van der Waals surface area contributed by atoms with E-state index in [1.165, 1.54) is 36.8 Å². The highest BCUT2D eigenvalue weighted by molar-refractivity contribution is 5.76. The van der Waals surface area contributed by atoms with Crippen molar-refractivity contribution in [1.29, 1.82) is 0 Å². The molecule has 0 bridgehead atoms. The highest BCUT2D eigenvalue weighted by Gasteiger charge is 2.39. The van der Waals surface area contributed by atoms with Gasteiger partial charge >= 0.3 is 0 Å². The first-order valence-electron chi connectivity index (χ1n) is 8.33. The summed E-state index contributed by atoms with van der Waals surface area (Å²) in [6.45, 7) is 1.90. The smallest absolute Gasteiger partial charge is 0.222 e. The number of amides is 1.